The number of rotatable bonds is 3. The van der Waals surface area contributed by atoms with Crippen LogP contribution in [-0.2, 0) is 13.0 Å². The SMILES string of the molecule is COc1ccc(Br)c(CN2c3ccccc3CCC2C)c1. The maximum Gasteiger partial charge on any atom is 0.119 e. The smallest absolute Gasteiger partial charge is 0.119 e. The monoisotopic (exact) mass is 345 g/mol. The van der Waals surface area contributed by atoms with E-state index in [2.05, 4.69) is 64.2 Å². The van der Waals surface area contributed by atoms with Gasteiger partial charge in [0, 0.05) is 22.7 Å². The summed E-state index contributed by atoms with van der Waals surface area (Å²) in [5, 5.41) is 0. The molecule has 0 amide bonds. The van der Waals surface area contributed by atoms with Crippen LogP contribution >= 0.6 is 15.9 Å². The van der Waals surface area contributed by atoms with Gasteiger partial charge in [-0.3, -0.25) is 0 Å². The number of para-hydroxylation sites is 1. The van der Waals surface area contributed by atoms with E-state index in [4.69, 9.17) is 4.74 Å². The summed E-state index contributed by atoms with van der Waals surface area (Å²) < 4.78 is 6.49. The van der Waals surface area contributed by atoms with E-state index in [0.29, 0.717) is 6.04 Å². The van der Waals surface area contributed by atoms with Gasteiger partial charge in [0.2, 0.25) is 0 Å². The van der Waals surface area contributed by atoms with Gasteiger partial charge in [-0.25, -0.2) is 0 Å². The lowest BCUT2D eigenvalue weighted by atomic mass is 9.96. The summed E-state index contributed by atoms with van der Waals surface area (Å²) in [4.78, 5) is 2.50. The second-order valence-electron chi connectivity index (χ2n) is 5.60. The van der Waals surface area contributed by atoms with Crippen LogP contribution < -0.4 is 9.64 Å². The van der Waals surface area contributed by atoms with E-state index in [0.717, 1.165) is 16.8 Å². The van der Waals surface area contributed by atoms with Crippen molar-refractivity contribution in [3.8, 4) is 5.75 Å². The van der Waals surface area contributed by atoms with Gasteiger partial charge in [-0.05, 0) is 55.2 Å². The first-order valence-corrected chi connectivity index (χ1v) is 8.15. The molecule has 0 spiro atoms. The number of anilines is 1. The summed E-state index contributed by atoms with van der Waals surface area (Å²) in [5.74, 6) is 0.908. The van der Waals surface area contributed by atoms with Crippen LogP contribution in [-0.4, -0.2) is 13.2 Å². The lowest BCUT2D eigenvalue weighted by Crippen LogP contribution is -2.36. The minimum absolute atomic E-state index is 0.554. The van der Waals surface area contributed by atoms with Gasteiger partial charge in [0.15, 0.2) is 0 Å². The summed E-state index contributed by atoms with van der Waals surface area (Å²) in [5.41, 5.74) is 4.08. The summed E-state index contributed by atoms with van der Waals surface area (Å²) in [7, 11) is 1.71. The summed E-state index contributed by atoms with van der Waals surface area (Å²) in [6.45, 7) is 3.21. The van der Waals surface area contributed by atoms with Crippen molar-refractivity contribution < 1.29 is 4.74 Å². The Morgan fingerprint density at radius 1 is 1.24 bits per heavy atom. The van der Waals surface area contributed by atoms with Crippen LogP contribution in [0, 0.1) is 0 Å². The Hall–Kier alpha value is -1.48. The Kier molecular flexibility index (Phi) is 4.20. The molecule has 1 heterocycles. The third kappa shape index (κ3) is 2.93. The van der Waals surface area contributed by atoms with Crippen molar-refractivity contribution >= 4 is 21.6 Å². The van der Waals surface area contributed by atoms with Crippen molar-refractivity contribution in [1.82, 2.24) is 0 Å². The average Bonchev–Trinajstić information content (AvgIpc) is 2.52. The molecule has 2 aromatic rings. The zero-order valence-electron chi connectivity index (χ0n) is 12.5. The fourth-order valence-electron chi connectivity index (χ4n) is 2.98. The molecule has 21 heavy (non-hydrogen) atoms. The molecule has 2 nitrogen and oxygen atoms in total. The normalized spacial score (nSPS) is 17.5. The van der Waals surface area contributed by atoms with Crippen molar-refractivity contribution in [2.45, 2.75) is 32.4 Å². The van der Waals surface area contributed by atoms with Crippen molar-refractivity contribution in [2.75, 3.05) is 12.0 Å². The molecule has 0 saturated carbocycles. The number of benzene rings is 2. The number of aryl methyl sites for hydroxylation is 1. The molecule has 3 rings (SSSR count). The molecule has 1 atom stereocenters. The highest BCUT2D eigenvalue weighted by Crippen LogP contribution is 2.33. The van der Waals surface area contributed by atoms with Gasteiger partial charge in [-0.15, -0.1) is 0 Å². The maximum atomic E-state index is 5.36. The lowest BCUT2D eigenvalue weighted by molar-refractivity contribution is 0.414. The molecule has 2 aromatic carbocycles. The first-order valence-electron chi connectivity index (χ1n) is 7.36. The predicted molar refractivity (Wildman–Crippen MR) is 91.1 cm³/mol. The van der Waals surface area contributed by atoms with Crippen LogP contribution in [0.2, 0.25) is 0 Å². The molecule has 0 N–H and O–H groups in total. The van der Waals surface area contributed by atoms with Crippen LogP contribution in [0.4, 0.5) is 5.69 Å². The lowest BCUT2D eigenvalue weighted by Gasteiger charge is -2.37. The Morgan fingerprint density at radius 3 is 2.86 bits per heavy atom. The summed E-state index contributed by atoms with van der Waals surface area (Å²) in [6.07, 6.45) is 2.38. The number of hydrogen-bond donors (Lipinski definition) is 0. The second-order valence-corrected chi connectivity index (χ2v) is 6.46. The highest BCUT2D eigenvalue weighted by Gasteiger charge is 2.23. The number of methoxy groups -OCH3 is 1. The molecule has 1 unspecified atom stereocenters. The molecule has 3 heteroatoms. The maximum absolute atomic E-state index is 5.36. The molecule has 1 aliphatic heterocycles. The zero-order chi connectivity index (χ0) is 14.8. The summed E-state index contributed by atoms with van der Waals surface area (Å²) in [6, 6.07) is 15.5. The number of nitrogens with zero attached hydrogens (tertiary/aromatic N) is 1. The first-order chi connectivity index (χ1) is 10.2. The molecular formula is C18H20BrNO. The van der Waals surface area contributed by atoms with Gasteiger partial charge in [0.25, 0.3) is 0 Å². The van der Waals surface area contributed by atoms with E-state index < -0.39 is 0 Å². The Balaban J connectivity index is 1.94. The van der Waals surface area contributed by atoms with Crippen LogP contribution in [0.25, 0.3) is 0 Å². The van der Waals surface area contributed by atoms with Crippen molar-refractivity contribution in [2.24, 2.45) is 0 Å². The van der Waals surface area contributed by atoms with E-state index in [1.54, 1.807) is 7.11 Å². The molecule has 0 radical (unpaired) electrons. The quantitative estimate of drug-likeness (QED) is 0.792. The van der Waals surface area contributed by atoms with Crippen molar-refractivity contribution in [1.29, 1.82) is 0 Å². The number of hydrogen-bond acceptors (Lipinski definition) is 2. The van der Waals surface area contributed by atoms with Crippen molar-refractivity contribution in [3.05, 3.63) is 58.1 Å². The molecule has 0 saturated heterocycles. The topological polar surface area (TPSA) is 12.5 Å². The van der Waals surface area contributed by atoms with E-state index in [1.165, 1.54) is 29.7 Å². The molecule has 0 aromatic heterocycles. The minimum atomic E-state index is 0.554. The highest BCUT2D eigenvalue weighted by molar-refractivity contribution is 9.10. The number of fused-ring (bicyclic) bond motifs is 1. The predicted octanol–water partition coefficient (Wildman–Crippen LogP) is 4.80. The molecule has 1 aliphatic rings. The minimum Gasteiger partial charge on any atom is -0.497 e. The first kappa shape index (κ1) is 14.5. The van der Waals surface area contributed by atoms with E-state index in [1.807, 2.05) is 6.07 Å². The van der Waals surface area contributed by atoms with Crippen molar-refractivity contribution in [3.63, 3.8) is 0 Å². The molecule has 0 fully saturated rings. The van der Waals surface area contributed by atoms with Gasteiger partial charge >= 0.3 is 0 Å². The van der Waals surface area contributed by atoms with Crippen LogP contribution in [0.5, 0.6) is 5.75 Å². The second kappa shape index (κ2) is 6.10. The van der Waals surface area contributed by atoms with Gasteiger partial charge in [0.1, 0.15) is 5.75 Å². The molecule has 0 aliphatic carbocycles. The largest absolute Gasteiger partial charge is 0.497 e. The van der Waals surface area contributed by atoms with E-state index >= 15 is 0 Å². The fraction of sp³-hybridized carbons (Fsp3) is 0.333. The zero-order valence-corrected chi connectivity index (χ0v) is 14.1. The van der Waals surface area contributed by atoms with Crippen LogP contribution in [0.1, 0.15) is 24.5 Å². The molecular weight excluding hydrogens is 326 g/mol. The van der Waals surface area contributed by atoms with Gasteiger partial charge in [-0.1, -0.05) is 34.1 Å². The van der Waals surface area contributed by atoms with Gasteiger partial charge in [0.05, 0.1) is 7.11 Å². The average molecular weight is 346 g/mol. The van der Waals surface area contributed by atoms with Gasteiger partial charge < -0.3 is 9.64 Å². The van der Waals surface area contributed by atoms with E-state index in [-0.39, 0.29) is 0 Å². The van der Waals surface area contributed by atoms with E-state index in [9.17, 15) is 0 Å². The fourth-order valence-corrected chi connectivity index (χ4v) is 3.36. The third-order valence-corrected chi connectivity index (χ3v) is 5.03. The number of ether oxygens (including phenoxy) is 1. The Morgan fingerprint density at radius 2 is 2.05 bits per heavy atom. The Labute approximate surface area is 134 Å². The van der Waals surface area contributed by atoms with Gasteiger partial charge in [-0.2, -0.15) is 0 Å². The van der Waals surface area contributed by atoms with Crippen LogP contribution in [0.15, 0.2) is 46.9 Å². The Bertz CT molecular complexity index is 641. The summed E-state index contributed by atoms with van der Waals surface area (Å²) >= 11 is 3.66. The molecule has 110 valence electrons. The standard InChI is InChI=1S/C18H20BrNO/c1-13-7-8-14-5-3-4-6-18(14)20(13)12-15-11-16(21-2)9-10-17(15)19/h3-6,9-11,13H,7-8,12H2,1-2H3. The third-order valence-electron chi connectivity index (χ3n) is 4.26. The highest BCUT2D eigenvalue weighted by atomic mass is 79.9. The van der Waals surface area contributed by atoms with Crippen LogP contribution in [0.3, 0.4) is 0 Å². The number of halogens is 1. The molecule has 0 bridgehead atoms.